The van der Waals surface area contributed by atoms with Crippen LogP contribution in [0.2, 0.25) is 0 Å². The summed E-state index contributed by atoms with van der Waals surface area (Å²) in [7, 11) is -10.8. The molecule has 0 aliphatic heterocycles. The van der Waals surface area contributed by atoms with Crippen molar-refractivity contribution in [2.24, 2.45) is 0 Å². The first kappa shape index (κ1) is 36.7. The maximum Gasteiger partial charge on any atom is 1.00 e. The number of aliphatic hydroxyl groups excluding tert-OH is 2. The van der Waals surface area contributed by atoms with Gasteiger partial charge in [-0.1, -0.05) is 0 Å². The maximum atomic E-state index is 10.9. The van der Waals surface area contributed by atoms with Gasteiger partial charge in [-0.25, -0.2) is 0 Å². The molecule has 0 aliphatic carbocycles. The van der Waals surface area contributed by atoms with Crippen LogP contribution < -0.4 is 138 Å². The van der Waals surface area contributed by atoms with E-state index in [1.807, 2.05) is 0 Å². The quantitative estimate of drug-likeness (QED) is 0.290. The van der Waals surface area contributed by atoms with Gasteiger partial charge in [-0.15, -0.1) is 0 Å². The van der Waals surface area contributed by atoms with E-state index in [0.717, 1.165) is 0 Å². The summed E-state index contributed by atoms with van der Waals surface area (Å²) >= 11 is 0. The fourth-order valence-corrected chi connectivity index (χ4v) is 1.32. The van der Waals surface area contributed by atoms with E-state index in [2.05, 4.69) is 9.05 Å². The molecule has 0 spiro atoms. The number of phosphoric ester groups is 2. The van der Waals surface area contributed by atoms with Crippen LogP contribution in [-0.2, 0) is 23.0 Å². The van der Waals surface area contributed by atoms with E-state index in [1.54, 1.807) is 0 Å². The Kier molecular flexibility index (Phi) is 28.3. The van der Waals surface area contributed by atoms with Crippen LogP contribution >= 0.6 is 15.6 Å². The summed E-state index contributed by atoms with van der Waals surface area (Å²) in [6.45, 7) is -2.54. The Hall–Kier alpha value is 3.81. The summed E-state index contributed by atoms with van der Waals surface area (Å²) in [6, 6.07) is 0. The third-order valence-corrected chi connectivity index (χ3v) is 2.37. The predicted molar refractivity (Wildman–Crippen MR) is 44.1 cm³/mol. The molecule has 0 saturated carbocycles. The molecule has 11 nitrogen and oxygen atoms in total. The second-order valence-electron chi connectivity index (χ2n) is 2.94. The van der Waals surface area contributed by atoms with Crippen molar-refractivity contribution in [3.63, 3.8) is 0 Å². The van der Waals surface area contributed by atoms with Crippen LogP contribution in [0, 0.1) is 0 Å². The van der Waals surface area contributed by atoms with Gasteiger partial charge in [0.15, 0.2) is 5.78 Å². The third-order valence-electron chi connectivity index (χ3n) is 1.46. The predicted octanol–water partition coefficient (Wildman–Crippen LogP) is -17.0. The minimum absolute atomic E-state index is 0. The van der Waals surface area contributed by atoms with Crippen molar-refractivity contribution in [2.75, 3.05) is 13.2 Å². The molecule has 0 unspecified atom stereocenters. The largest absolute Gasteiger partial charge is 1.00 e. The van der Waals surface area contributed by atoms with Crippen molar-refractivity contribution in [3.05, 3.63) is 0 Å². The summed E-state index contributed by atoms with van der Waals surface area (Å²) in [5, 5.41) is 18.0. The Bertz CT molecular complexity index is 383. The normalized spacial score (nSPS) is 13.4. The zero-order valence-electron chi connectivity index (χ0n) is 12.5. The molecule has 2 atom stereocenters. The average molecular weight is 398 g/mol. The molecule has 0 aromatic rings. The van der Waals surface area contributed by atoms with Crippen LogP contribution in [0.3, 0.4) is 0 Å². The van der Waals surface area contributed by atoms with Crippen LogP contribution in [0.1, 0.15) is 0 Å². The molecule has 0 saturated heterocycles. The van der Waals surface area contributed by atoms with E-state index in [-0.39, 0.29) is 118 Å². The Morgan fingerprint density at radius 2 is 1.27 bits per heavy atom. The number of phosphoric acid groups is 2. The molecule has 22 heavy (non-hydrogen) atoms. The van der Waals surface area contributed by atoms with Gasteiger partial charge in [-0.05, 0) is 0 Å². The number of hydrogen-bond acceptors (Lipinski definition) is 11. The number of hydrogen-bond donors (Lipinski definition) is 2. The van der Waals surface area contributed by atoms with Gasteiger partial charge in [0.05, 0.1) is 22.3 Å². The molecule has 0 aromatic heterocycles. The van der Waals surface area contributed by atoms with Crippen molar-refractivity contribution in [1.29, 1.82) is 0 Å². The Balaban J connectivity index is -0.000000241. The Morgan fingerprint density at radius 3 is 1.59 bits per heavy atom. The van der Waals surface area contributed by atoms with E-state index in [1.165, 1.54) is 0 Å². The maximum absolute atomic E-state index is 10.9. The van der Waals surface area contributed by atoms with Crippen molar-refractivity contribution in [2.45, 2.75) is 12.2 Å². The molecule has 0 aromatic carbocycles. The monoisotopic (exact) mass is 398 g/mol. The minimum Gasteiger partial charge on any atom is -0.790 e. The molecule has 2 N–H and O–H groups in total. The molecule has 0 heterocycles. The molecule has 0 fully saturated rings. The third kappa shape index (κ3) is 21.9. The summed E-state index contributed by atoms with van der Waals surface area (Å²) < 4.78 is 27.1. The number of rotatable bonds is 8. The van der Waals surface area contributed by atoms with Gasteiger partial charge < -0.3 is 48.0 Å². The topological polar surface area (TPSA) is 202 Å². The smallest absolute Gasteiger partial charge is 0.790 e. The first-order chi connectivity index (χ1) is 7.92. The fourth-order valence-electron chi connectivity index (χ4n) is 0.701. The summed E-state index contributed by atoms with van der Waals surface area (Å²) in [5.41, 5.74) is 0. The van der Waals surface area contributed by atoms with Gasteiger partial charge in [0.25, 0.3) is 0 Å². The first-order valence-corrected chi connectivity index (χ1v) is 7.06. The van der Waals surface area contributed by atoms with Gasteiger partial charge in [0, 0.05) is 0 Å². The van der Waals surface area contributed by atoms with Crippen molar-refractivity contribution in [3.8, 4) is 0 Å². The van der Waals surface area contributed by atoms with E-state index < -0.39 is 46.9 Å². The molecular formula is C5H8Na4O11P2. The van der Waals surface area contributed by atoms with Crippen LogP contribution in [0.5, 0.6) is 0 Å². The summed E-state index contributed by atoms with van der Waals surface area (Å²) in [6.07, 6.45) is -4.38. The van der Waals surface area contributed by atoms with Crippen molar-refractivity contribution >= 4 is 21.4 Å². The van der Waals surface area contributed by atoms with Gasteiger partial charge in [0.1, 0.15) is 18.8 Å². The standard InChI is InChI=1S/C5H12O11P2.4Na/c6-3(1-15-17(9,10)11)5(8)4(7)2-16-18(12,13)14;;;;/h3,5-6,8H,1-2H2,(H2,9,10,11)(H2,12,13,14);;;;/q;4*+1/p-4/t3-,5-;;;;/m1..../s1. The zero-order valence-corrected chi connectivity index (χ0v) is 22.3. The molecule has 17 heteroatoms. The van der Waals surface area contributed by atoms with Gasteiger partial charge in [-0.3, -0.25) is 4.79 Å². The molecule has 0 rings (SSSR count). The summed E-state index contributed by atoms with van der Waals surface area (Å²) in [5.74, 6) is -1.41. The molecule has 0 amide bonds. The second kappa shape index (κ2) is 16.9. The minimum atomic E-state index is -5.42. The number of ketones is 1. The molecule has 108 valence electrons. The fraction of sp³-hybridized carbons (Fsp3) is 0.800. The van der Waals surface area contributed by atoms with Gasteiger partial charge in [0.2, 0.25) is 0 Å². The van der Waals surface area contributed by atoms with E-state index >= 15 is 0 Å². The molecular weight excluding hydrogens is 390 g/mol. The number of carbonyl (C=O) groups excluding carboxylic acids is 1. The number of aliphatic hydroxyl groups is 2. The van der Waals surface area contributed by atoms with Crippen molar-refractivity contribution in [1.82, 2.24) is 0 Å². The first-order valence-electron chi connectivity index (χ1n) is 4.14. The molecule has 0 aliphatic rings. The summed E-state index contributed by atoms with van der Waals surface area (Å²) in [4.78, 5) is 51.0. The average Bonchev–Trinajstić information content (AvgIpc) is 2.19. The van der Waals surface area contributed by atoms with Crippen LogP contribution in [0.15, 0.2) is 0 Å². The zero-order chi connectivity index (χ0) is 14.6. The number of Topliss-reactive ketones (excluding diaryl/α,β-unsaturated/α-hetero) is 1. The molecule has 0 bridgehead atoms. The van der Waals surface area contributed by atoms with Gasteiger partial charge in [-0.2, -0.15) is 0 Å². The number of carbonyl (C=O) groups is 1. The van der Waals surface area contributed by atoms with Crippen LogP contribution in [0.4, 0.5) is 0 Å². The Morgan fingerprint density at radius 1 is 0.909 bits per heavy atom. The van der Waals surface area contributed by atoms with Gasteiger partial charge >= 0.3 is 118 Å². The second-order valence-corrected chi connectivity index (χ2v) is 5.25. The SMILES string of the molecule is O=C(COP(=O)([O-])[O-])[C@H](O)[C@H](O)COP(=O)([O-])[O-].[Na+].[Na+].[Na+].[Na+]. The van der Waals surface area contributed by atoms with Crippen LogP contribution in [-0.4, -0.2) is 41.4 Å². The van der Waals surface area contributed by atoms with E-state index in [4.69, 9.17) is 10.2 Å². The molecule has 0 radical (unpaired) electrons. The Labute approximate surface area is 214 Å². The van der Waals surface area contributed by atoms with E-state index in [0.29, 0.717) is 0 Å². The van der Waals surface area contributed by atoms with E-state index in [9.17, 15) is 33.5 Å². The van der Waals surface area contributed by atoms with Crippen molar-refractivity contribution < 1.29 is 171 Å². The van der Waals surface area contributed by atoms with Crippen LogP contribution in [0.25, 0.3) is 0 Å².